The fraction of sp³-hybridized carbons (Fsp3) is 0.800. The van der Waals surface area contributed by atoms with Crippen molar-refractivity contribution < 1.29 is 0 Å². The molecule has 0 amide bonds. The monoisotopic (exact) mass is 213 g/mol. The molecule has 14 heavy (non-hydrogen) atoms. The number of aryl methyl sites for hydroxylation is 1. The maximum atomic E-state index is 5.95. The van der Waals surface area contributed by atoms with Crippen LogP contribution in [0.25, 0.3) is 0 Å². The summed E-state index contributed by atoms with van der Waals surface area (Å²) in [7, 11) is 0. The molecule has 0 radical (unpaired) electrons. The first-order chi connectivity index (χ1) is 6.66. The van der Waals surface area contributed by atoms with Gasteiger partial charge < -0.3 is 4.57 Å². The first-order valence-electron chi connectivity index (χ1n) is 5.22. The van der Waals surface area contributed by atoms with Gasteiger partial charge in [0.25, 0.3) is 0 Å². The summed E-state index contributed by atoms with van der Waals surface area (Å²) in [5, 5.41) is 8.34. The summed E-state index contributed by atoms with van der Waals surface area (Å²) in [6, 6.07) is 0. The lowest BCUT2D eigenvalue weighted by molar-refractivity contribution is 0.435. The lowest BCUT2D eigenvalue weighted by Crippen LogP contribution is -2.09. The highest BCUT2D eigenvalue weighted by Crippen LogP contribution is 2.32. The Bertz CT molecular complexity index is 302. The molecule has 0 saturated heterocycles. The zero-order valence-corrected chi connectivity index (χ0v) is 9.46. The highest BCUT2D eigenvalue weighted by Gasteiger charge is 2.22. The van der Waals surface area contributed by atoms with E-state index in [-0.39, 0.29) is 0 Å². The second kappa shape index (κ2) is 3.89. The van der Waals surface area contributed by atoms with Crippen LogP contribution in [0.5, 0.6) is 0 Å². The lowest BCUT2D eigenvalue weighted by Gasteiger charge is -2.11. The molecular formula is C10H16ClN3. The van der Waals surface area contributed by atoms with E-state index < -0.39 is 0 Å². The number of aromatic nitrogens is 3. The molecule has 4 heteroatoms. The van der Waals surface area contributed by atoms with Crippen molar-refractivity contribution in [1.29, 1.82) is 0 Å². The SMILES string of the molecule is Cc1nnc(Cl)n1CC1CCC(C)C1. The molecule has 2 rings (SSSR count). The Labute approximate surface area is 89.5 Å². The van der Waals surface area contributed by atoms with Gasteiger partial charge in [-0.05, 0) is 43.2 Å². The van der Waals surface area contributed by atoms with Crippen LogP contribution in [0.1, 0.15) is 32.0 Å². The van der Waals surface area contributed by atoms with Gasteiger partial charge in [0.15, 0.2) is 0 Å². The van der Waals surface area contributed by atoms with Crippen LogP contribution in [0.15, 0.2) is 0 Å². The molecule has 78 valence electrons. The van der Waals surface area contributed by atoms with Gasteiger partial charge in [0.1, 0.15) is 5.82 Å². The van der Waals surface area contributed by atoms with Crippen molar-refractivity contribution in [2.24, 2.45) is 11.8 Å². The quantitative estimate of drug-likeness (QED) is 0.756. The molecule has 2 atom stereocenters. The van der Waals surface area contributed by atoms with E-state index in [1.807, 2.05) is 11.5 Å². The van der Waals surface area contributed by atoms with E-state index in [1.54, 1.807) is 0 Å². The Hall–Kier alpha value is -0.570. The standard InChI is InChI=1S/C10H16ClN3/c1-7-3-4-9(5-7)6-14-8(2)12-13-10(14)11/h7,9H,3-6H2,1-2H3. The third-order valence-corrected chi connectivity index (χ3v) is 3.41. The van der Waals surface area contributed by atoms with Gasteiger partial charge in [0.2, 0.25) is 5.28 Å². The predicted molar refractivity (Wildman–Crippen MR) is 56.3 cm³/mol. The number of nitrogens with zero attached hydrogens (tertiary/aromatic N) is 3. The van der Waals surface area contributed by atoms with E-state index in [1.165, 1.54) is 19.3 Å². The van der Waals surface area contributed by atoms with Gasteiger partial charge in [-0.25, -0.2) is 0 Å². The Morgan fingerprint density at radius 1 is 1.43 bits per heavy atom. The van der Waals surface area contributed by atoms with Crippen molar-refractivity contribution in [1.82, 2.24) is 14.8 Å². The van der Waals surface area contributed by atoms with Crippen molar-refractivity contribution in [3.05, 3.63) is 11.1 Å². The highest BCUT2D eigenvalue weighted by atomic mass is 35.5. The molecule has 1 aliphatic carbocycles. The van der Waals surface area contributed by atoms with Gasteiger partial charge in [-0.15, -0.1) is 10.2 Å². The molecule has 0 aliphatic heterocycles. The minimum absolute atomic E-state index is 0.530. The molecule has 0 N–H and O–H groups in total. The zero-order valence-electron chi connectivity index (χ0n) is 8.70. The van der Waals surface area contributed by atoms with Crippen LogP contribution in [0, 0.1) is 18.8 Å². The minimum Gasteiger partial charge on any atom is -0.302 e. The van der Waals surface area contributed by atoms with E-state index in [9.17, 15) is 0 Å². The van der Waals surface area contributed by atoms with Gasteiger partial charge in [0.05, 0.1) is 0 Å². The van der Waals surface area contributed by atoms with Gasteiger partial charge >= 0.3 is 0 Å². The highest BCUT2D eigenvalue weighted by molar-refractivity contribution is 6.28. The second-order valence-corrected chi connectivity index (χ2v) is 4.75. The van der Waals surface area contributed by atoms with E-state index >= 15 is 0 Å². The Balaban J connectivity index is 2.04. The largest absolute Gasteiger partial charge is 0.302 e. The van der Waals surface area contributed by atoms with Gasteiger partial charge in [-0.1, -0.05) is 13.3 Å². The summed E-state index contributed by atoms with van der Waals surface area (Å²) in [6.07, 6.45) is 3.98. The van der Waals surface area contributed by atoms with Crippen LogP contribution < -0.4 is 0 Å². The molecule has 1 fully saturated rings. The van der Waals surface area contributed by atoms with Crippen LogP contribution in [0.3, 0.4) is 0 Å². The molecule has 1 saturated carbocycles. The molecule has 1 aliphatic rings. The minimum atomic E-state index is 0.530. The van der Waals surface area contributed by atoms with Gasteiger partial charge in [-0.3, -0.25) is 0 Å². The zero-order chi connectivity index (χ0) is 10.1. The fourth-order valence-electron chi connectivity index (χ4n) is 2.31. The normalized spacial score (nSPS) is 27.1. The first kappa shape index (κ1) is 9.97. The fourth-order valence-corrected chi connectivity index (χ4v) is 2.54. The third-order valence-electron chi connectivity index (χ3n) is 3.13. The van der Waals surface area contributed by atoms with Gasteiger partial charge in [-0.2, -0.15) is 0 Å². The average molecular weight is 214 g/mol. The summed E-state index contributed by atoms with van der Waals surface area (Å²) < 4.78 is 2.02. The number of halogens is 1. The van der Waals surface area contributed by atoms with Crippen molar-refractivity contribution in [2.75, 3.05) is 0 Å². The summed E-state index contributed by atoms with van der Waals surface area (Å²) in [5.74, 6) is 2.56. The summed E-state index contributed by atoms with van der Waals surface area (Å²) >= 11 is 5.95. The molecular weight excluding hydrogens is 198 g/mol. The van der Waals surface area contributed by atoms with Crippen molar-refractivity contribution in [3.8, 4) is 0 Å². The van der Waals surface area contributed by atoms with E-state index in [0.29, 0.717) is 5.28 Å². The summed E-state index contributed by atoms with van der Waals surface area (Å²) in [6.45, 7) is 5.26. The van der Waals surface area contributed by atoms with Crippen LogP contribution in [-0.2, 0) is 6.54 Å². The third kappa shape index (κ3) is 1.92. The molecule has 0 bridgehead atoms. The molecule has 0 spiro atoms. The van der Waals surface area contributed by atoms with Crippen molar-refractivity contribution >= 4 is 11.6 Å². The van der Waals surface area contributed by atoms with Gasteiger partial charge in [0, 0.05) is 6.54 Å². The first-order valence-corrected chi connectivity index (χ1v) is 5.60. The van der Waals surface area contributed by atoms with Crippen molar-refractivity contribution in [3.63, 3.8) is 0 Å². The van der Waals surface area contributed by atoms with Crippen LogP contribution in [0.4, 0.5) is 0 Å². The maximum Gasteiger partial charge on any atom is 0.225 e. The Kier molecular flexibility index (Phi) is 2.77. The van der Waals surface area contributed by atoms with E-state index in [2.05, 4.69) is 17.1 Å². The lowest BCUT2D eigenvalue weighted by atomic mass is 10.1. The smallest absolute Gasteiger partial charge is 0.225 e. The van der Waals surface area contributed by atoms with Crippen LogP contribution in [-0.4, -0.2) is 14.8 Å². The van der Waals surface area contributed by atoms with E-state index in [4.69, 9.17) is 11.6 Å². The Morgan fingerprint density at radius 3 is 2.71 bits per heavy atom. The molecule has 0 aromatic carbocycles. The second-order valence-electron chi connectivity index (χ2n) is 4.41. The average Bonchev–Trinajstić information content (AvgIpc) is 2.67. The molecule has 1 aromatic heterocycles. The molecule has 2 unspecified atom stereocenters. The van der Waals surface area contributed by atoms with Crippen LogP contribution in [0.2, 0.25) is 5.28 Å². The number of hydrogen-bond acceptors (Lipinski definition) is 2. The summed E-state index contributed by atoms with van der Waals surface area (Å²) in [4.78, 5) is 0. The Morgan fingerprint density at radius 2 is 2.21 bits per heavy atom. The van der Waals surface area contributed by atoms with E-state index in [0.717, 1.165) is 24.2 Å². The molecule has 3 nitrogen and oxygen atoms in total. The predicted octanol–water partition coefficient (Wildman–Crippen LogP) is 2.68. The number of hydrogen-bond donors (Lipinski definition) is 0. The topological polar surface area (TPSA) is 30.7 Å². The van der Waals surface area contributed by atoms with Crippen LogP contribution >= 0.6 is 11.6 Å². The maximum absolute atomic E-state index is 5.95. The number of rotatable bonds is 2. The summed E-state index contributed by atoms with van der Waals surface area (Å²) in [5.41, 5.74) is 0. The molecule has 1 heterocycles. The molecule has 1 aromatic rings. The van der Waals surface area contributed by atoms with Crippen molar-refractivity contribution in [2.45, 2.75) is 39.7 Å².